The van der Waals surface area contributed by atoms with E-state index in [0.717, 1.165) is 41.0 Å². The van der Waals surface area contributed by atoms with Crippen molar-refractivity contribution in [3.05, 3.63) is 64.4 Å². The number of benzene rings is 2. The molecule has 7 nitrogen and oxygen atoms in total. The summed E-state index contributed by atoms with van der Waals surface area (Å²) in [5, 5.41) is 3.89. The summed E-state index contributed by atoms with van der Waals surface area (Å²) in [5.74, 6) is 0.757. The van der Waals surface area contributed by atoms with Crippen LogP contribution >= 0.6 is 11.3 Å². The summed E-state index contributed by atoms with van der Waals surface area (Å²) in [5.41, 5.74) is 3.53. The number of ether oxygens (including phenoxy) is 2. The van der Waals surface area contributed by atoms with Crippen LogP contribution in [0.5, 0.6) is 5.75 Å². The zero-order valence-corrected chi connectivity index (χ0v) is 18.8. The van der Waals surface area contributed by atoms with Crippen molar-refractivity contribution in [3.8, 4) is 22.1 Å². The highest BCUT2D eigenvalue weighted by atomic mass is 32.1. The molecule has 8 heteroatoms. The lowest BCUT2D eigenvalue weighted by atomic mass is 10.0. The van der Waals surface area contributed by atoms with E-state index in [4.69, 9.17) is 14.5 Å². The number of aliphatic imine (C=N–C) groups is 1. The van der Waals surface area contributed by atoms with Crippen LogP contribution in [0, 0.1) is 0 Å². The third-order valence-corrected chi connectivity index (χ3v) is 6.68. The van der Waals surface area contributed by atoms with Crippen molar-refractivity contribution in [2.75, 3.05) is 20.3 Å². The highest BCUT2D eigenvalue weighted by molar-refractivity contribution is 7.20. The molecule has 1 aliphatic rings. The summed E-state index contributed by atoms with van der Waals surface area (Å²) in [7, 11) is 1.63. The molecule has 3 heterocycles. The summed E-state index contributed by atoms with van der Waals surface area (Å²) in [6, 6.07) is 15.5. The monoisotopic (exact) mass is 448 g/mol. The van der Waals surface area contributed by atoms with E-state index in [1.165, 1.54) is 16.0 Å². The number of aromatic amines is 1. The van der Waals surface area contributed by atoms with Gasteiger partial charge in [-0.15, -0.1) is 0 Å². The maximum atomic E-state index is 13.6. The van der Waals surface area contributed by atoms with Gasteiger partial charge in [0.2, 0.25) is 5.13 Å². The normalized spacial score (nSPS) is 16.7. The molecule has 164 valence electrons. The minimum Gasteiger partial charge on any atom is -0.497 e. The summed E-state index contributed by atoms with van der Waals surface area (Å²) >= 11 is 1.47. The van der Waals surface area contributed by atoms with Gasteiger partial charge in [-0.05, 0) is 56.2 Å². The number of hydrogen-bond donors (Lipinski definition) is 1. The van der Waals surface area contributed by atoms with Crippen LogP contribution in [0.4, 0.5) is 0 Å². The van der Waals surface area contributed by atoms with E-state index in [0.29, 0.717) is 28.6 Å². The molecular weight excluding hydrogens is 424 g/mol. The molecule has 0 aliphatic carbocycles. The number of para-hydroxylation sites is 1. The molecule has 1 saturated heterocycles. The summed E-state index contributed by atoms with van der Waals surface area (Å²) in [6.45, 7) is 3.22. The first kappa shape index (κ1) is 20.7. The number of hydrogen-bond acceptors (Lipinski definition) is 6. The number of H-pyrrole nitrogens is 1. The van der Waals surface area contributed by atoms with E-state index in [1.54, 1.807) is 7.11 Å². The summed E-state index contributed by atoms with van der Waals surface area (Å²) in [6.07, 6.45) is 2.19. The third-order valence-electron chi connectivity index (χ3n) is 5.66. The topological polar surface area (TPSA) is 81.5 Å². The van der Waals surface area contributed by atoms with E-state index in [1.807, 2.05) is 55.5 Å². The first-order valence-corrected chi connectivity index (χ1v) is 11.4. The molecule has 2 aromatic heterocycles. The number of nitrogens with zero attached hydrogens (tertiary/aromatic N) is 3. The largest absolute Gasteiger partial charge is 0.497 e. The highest BCUT2D eigenvalue weighted by Gasteiger charge is 2.22. The molecule has 1 atom stereocenters. The van der Waals surface area contributed by atoms with E-state index >= 15 is 0 Å². The fourth-order valence-electron chi connectivity index (χ4n) is 3.94. The van der Waals surface area contributed by atoms with Crippen LogP contribution in [0.1, 0.15) is 25.3 Å². The van der Waals surface area contributed by atoms with Gasteiger partial charge in [-0.3, -0.25) is 14.9 Å². The fraction of sp³-hybridized carbons (Fsp3) is 0.292. The second kappa shape index (κ2) is 8.72. The van der Waals surface area contributed by atoms with Crippen LogP contribution in [0.3, 0.4) is 0 Å². The Kier molecular flexibility index (Phi) is 5.63. The molecule has 5 rings (SSSR count). The smallest absolute Gasteiger partial charge is 0.283 e. The lowest BCUT2D eigenvalue weighted by molar-refractivity contribution is 0.118. The van der Waals surface area contributed by atoms with E-state index < -0.39 is 0 Å². The van der Waals surface area contributed by atoms with Gasteiger partial charge in [0.25, 0.3) is 5.56 Å². The van der Waals surface area contributed by atoms with E-state index in [2.05, 4.69) is 10.1 Å². The van der Waals surface area contributed by atoms with Crippen molar-refractivity contribution in [2.24, 2.45) is 4.99 Å². The molecular formula is C24H24N4O3S. The Hall–Kier alpha value is -3.23. The Bertz CT molecular complexity index is 1290. The predicted molar refractivity (Wildman–Crippen MR) is 128 cm³/mol. The zero-order valence-electron chi connectivity index (χ0n) is 18.0. The SMILES string of the molecule is COc1ccc(-c2[nH]n(-c3nc4ccccc4s3)c(=O)c2C(C)=NCC2CCCO2)cc1. The molecule has 0 radical (unpaired) electrons. The van der Waals surface area contributed by atoms with Crippen molar-refractivity contribution >= 4 is 27.3 Å². The Balaban J connectivity index is 1.62. The number of thiazole rings is 1. The van der Waals surface area contributed by atoms with Crippen LogP contribution < -0.4 is 10.3 Å². The second-order valence-electron chi connectivity index (χ2n) is 7.76. The Labute approximate surface area is 189 Å². The van der Waals surface area contributed by atoms with Crippen molar-refractivity contribution in [1.82, 2.24) is 14.8 Å². The van der Waals surface area contributed by atoms with Crippen molar-refractivity contribution in [1.29, 1.82) is 0 Å². The molecule has 1 fully saturated rings. The van der Waals surface area contributed by atoms with Gasteiger partial charge in [0.1, 0.15) is 5.75 Å². The minimum absolute atomic E-state index is 0.125. The number of aromatic nitrogens is 3. The van der Waals surface area contributed by atoms with Crippen LogP contribution in [0.2, 0.25) is 0 Å². The standard InChI is InChI=1S/C24H24N4O3S/c1-15(25-14-18-6-5-13-31-18)21-22(16-9-11-17(30-2)12-10-16)27-28(23(21)29)24-26-19-7-3-4-8-20(19)32-24/h3-4,7-12,18,27H,5-6,13-14H2,1-2H3. The van der Waals surface area contributed by atoms with E-state index in [-0.39, 0.29) is 11.7 Å². The molecule has 32 heavy (non-hydrogen) atoms. The van der Waals surface area contributed by atoms with Gasteiger partial charge >= 0.3 is 0 Å². The van der Waals surface area contributed by atoms with Gasteiger partial charge < -0.3 is 9.47 Å². The molecule has 4 aromatic rings. The Morgan fingerprint density at radius 3 is 2.81 bits per heavy atom. The highest BCUT2D eigenvalue weighted by Crippen LogP contribution is 2.27. The predicted octanol–water partition coefficient (Wildman–Crippen LogP) is 4.44. The van der Waals surface area contributed by atoms with Gasteiger partial charge in [0.05, 0.1) is 41.2 Å². The number of nitrogens with one attached hydrogen (secondary N) is 1. The number of methoxy groups -OCH3 is 1. The number of rotatable bonds is 6. The third kappa shape index (κ3) is 3.87. The van der Waals surface area contributed by atoms with Gasteiger partial charge in [-0.1, -0.05) is 23.5 Å². The molecule has 0 saturated carbocycles. The maximum Gasteiger partial charge on any atom is 0.283 e. The average molecular weight is 449 g/mol. The van der Waals surface area contributed by atoms with Crippen LogP contribution in [-0.2, 0) is 4.74 Å². The fourth-order valence-corrected chi connectivity index (χ4v) is 4.86. The van der Waals surface area contributed by atoms with Gasteiger partial charge in [0, 0.05) is 17.9 Å². The lowest BCUT2D eigenvalue weighted by Gasteiger charge is -2.07. The summed E-state index contributed by atoms with van der Waals surface area (Å²) in [4.78, 5) is 22.9. The van der Waals surface area contributed by atoms with Crippen LogP contribution in [0.25, 0.3) is 26.6 Å². The Morgan fingerprint density at radius 1 is 1.28 bits per heavy atom. The average Bonchev–Trinajstić information content (AvgIpc) is 3.56. The lowest BCUT2D eigenvalue weighted by Crippen LogP contribution is -2.20. The first-order chi connectivity index (χ1) is 15.6. The van der Waals surface area contributed by atoms with Crippen LogP contribution in [-0.4, -0.2) is 46.8 Å². The van der Waals surface area contributed by atoms with Gasteiger partial charge in [-0.2, -0.15) is 4.68 Å². The molecule has 0 amide bonds. The quantitative estimate of drug-likeness (QED) is 0.442. The first-order valence-electron chi connectivity index (χ1n) is 10.6. The van der Waals surface area contributed by atoms with Gasteiger partial charge in [-0.25, -0.2) is 4.98 Å². The molecule has 2 aromatic carbocycles. The van der Waals surface area contributed by atoms with Crippen molar-refractivity contribution in [2.45, 2.75) is 25.9 Å². The second-order valence-corrected chi connectivity index (χ2v) is 8.77. The minimum atomic E-state index is -0.163. The van der Waals surface area contributed by atoms with Crippen molar-refractivity contribution in [3.63, 3.8) is 0 Å². The molecule has 0 bridgehead atoms. The molecule has 1 N–H and O–H groups in total. The maximum absolute atomic E-state index is 13.6. The summed E-state index contributed by atoms with van der Waals surface area (Å²) < 4.78 is 13.5. The van der Waals surface area contributed by atoms with E-state index in [9.17, 15) is 4.79 Å². The zero-order chi connectivity index (χ0) is 22.1. The van der Waals surface area contributed by atoms with Crippen molar-refractivity contribution < 1.29 is 9.47 Å². The molecule has 1 unspecified atom stereocenters. The molecule has 1 aliphatic heterocycles. The molecule has 0 spiro atoms. The van der Waals surface area contributed by atoms with Gasteiger partial charge in [0.15, 0.2) is 0 Å². The van der Waals surface area contributed by atoms with Crippen LogP contribution in [0.15, 0.2) is 58.3 Å². The Morgan fingerprint density at radius 2 is 2.09 bits per heavy atom. The number of fused-ring (bicyclic) bond motifs is 1.